The molecule has 1 aliphatic rings. The van der Waals surface area contributed by atoms with E-state index in [0.29, 0.717) is 35.3 Å². The van der Waals surface area contributed by atoms with Crippen LogP contribution in [0, 0.1) is 19.3 Å². The van der Waals surface area contributed by atoms with Gasteiger partial charge < -0.3 is 19.3 Å². The van der Waals surface area contributed by atoms with E-state index >= 15 is 0 Å². The largest absolute Gasteiger partial charge is 0.496 e. The fraction of sp³-hybridized carbons (Fsp3) is 0.571. The number of methoxy groups -OCH3 is 2. The first-order valence-corrected chi connectivity index (χ1v) is 14.6. The molecular formula is C35H50O5. The normalized spacial score (nSPS) is 16.0. The van der Waals surface area contributed by atoms with Crippen molar-refractivity contribution in [3.05, 3.63) is 63.2 Å². The van der Waals surface area contributed by atoms with Crippen LogP contribution in [0.3, 0.4) is 0 Å². The Bertz CT molecular complexity index is 1240. The maximum atomic E-state index is 13.7. The van der Waals surface area contributed by atoms with E-state index in [9.17, 15) is 9.90 Å². The topological polar surface area (TPSA) is 65.0 Å². The Kier molecular flexibility index (Phi) is 10.2. The minimum Gasteiger partial charge on any atom is -0.496 e. The Labute approximate surface area is 241 Å². The van der Waals surface area contributed by atoms with E-state index in [4.69, 9.17) is 14.2 Å². The molecule has 40 heavy (non-hydrogen) atoms. The van der Waals surface area contributed by atoms with Gasteiger partial charge in [0.2, 0.25) is 0 Å². The molecule has 2 aromatic carbocycles. The molecule has 0 unspecified atom stereocenters. The number of carbonyl (C=O) groups is 1. The number of allylic oxidation sites excluding steroid dienone is 2. The summed E-state index contributed by atoms with van der Waals surface area (Å²) in [6.45, 7) is 16.7. The second-order valence-corrected chi connectivity index (χ2v) is 13.3. The molecule has 0 fully saturated rings. The fourth-order valence-electron chi connectivity index (χ4n) is 5.59. The Balaban J connectivity index is 1.95. The Morgan fingerprint density at radius 2 is 1.70 bits per heavy atom. The molecule has 220 valence electrons. The lowest BCUT2D eigenvalue weighted by Crippen LogP contribution is -2.24. The molecule has 1 aliphatic heterocycles. The van der Waals surface area contributed by atoms with Crippen LogP contribution in [0.2, 0.25) is 0 Å². The van der Waals surface area contributed by atoms with Crippen LogP contribution in [0.1, 0.15) is 118 Å². The molecule has 3 rings (SSSR count). The number of ether oxygens (including phenoxy) is 3. The van der Waals surface area contributed by atoms with Gasteiger partial charge in [-0.1, -0.05) is 44.6 Å². The van der Waals surface area contributed by atoms with E-state index in [1.54, 1.807) is 28.1 Å². The number of fused-ring (bicyclic) bond motifs is 1. The number of ketones is 1. The van der Waals surface area contributed by atoms with Crippen LogP contribution in [0.5, 0.6) is 17.2 Å². The van der Waals surface area contributed by atoms with Gasteiger partial charge >= 0.3 is 0 Å². The number of benzene rings is 2. The molecule has 5 nitrogen and oxygen atoms in total. The average Bonchev–Trinajstić information content (AvgIpc) is 2.84. The average molecular weight is 551 g/mol. The van der Waals surface area contributed by atoms with Crippen molar-refractivity contribution in [1.82, 2.24) is 0 Å². The minimum absolute atomic E-state index is 0.00648. The summed E-state index contributed by atoms with van der Waals surface area (Å²) >= 11 is 0. The smallest absolute Gasteiger partial charge is 0.174 e. The van der Waals surface area contributed by atoms with E-state index in [-0.39, 0.29) is 12.2 Å². The molecule has 0 radical (unpaired) electrons. The minimum atomic E-state index is -0.806. The number of hydrogen-bond donors (Lipinski definition) is 1. The van der Waals surface area contributed by atoms with E-state index < -0.39 is 11.7 Å². The summed E-state index contributed by atoms with van der Waals surface area (Å²) in [4.78, 5) is 13.7. The monoisotopic (exact) mass is 550 g/mol. The quantitative estimate of drug-likeness (QED) is 0.284. The standard InChI is InChI=1S/C35H50O5/c1-22(12-11-18-34(4,5)6)13-15-27-26(16-14-23(2)32(27)38-9)29-21-28(36)31-30(40-29)20-24(3)25(33(31)39-10)17-19-35(7,8)37/h13-14,16,20,29,37H,11-12,15,17-19,21H2,1-10H3/b22-13+/t29-/m0/s1. The summed E-state index contributed by atoms with van der Waals surface area (Å²) in [6, 6.07) is 6.08. The molecule has 0 saturated carbocycles. The first-order valence-electron chi connectivity index (χ1n) is 14.6. The van der Waals surface area contributed by atoms with Gasteiger partial charge in [0.25, 0.3) is 0 Å². The van der Waals surface area contributed by atoms with Crippen molar-refractivity contribution in [3.8, 4) is 17.2 Å². The molecular weight excluding hydrogens is 500 g/mol. The molecule has 0 saturated heterocycles. The maximum absolute atomic E-state index is 13.7. The van der Waals surface area contributed by atoms with Gasteiger partial charge in [-0.05, 0) is 107 Å². The Morgan fingerprint density at radius 1 is 1.02 bits per heavy atom. The first-order chi connectivity index (χ1) is 18.6. The number of Topliss-reactive ketones (excluding diaryl/α,β-unsaturated/α-hetero) is 1. The van der Waals surface area contributed by atoms with Crippen molar-refractivity contribution in [3.63, 3.8) is 0 Å². The van der Waals surface area contributed by atoms with Crippen LogP contribution in [0.15, 0.2) is 29.8 Å². The Morgan fingerprint density at radius 3 is 2.30 bits per heavy atom. The van der Waals surface area contributed by atoms with Gasteiger partial charge in [0.05, 0.1) is 26.2 Å². The number of aliphatic hydroxyl groups is 1. The highest BCUT2D eigenvalue weighted by molar-refractivity contribution is 6.03. The SMILES string of the molecule is COc1c(C)ccc([C@@H]2CC(=O)c3c(cc(C)c(CCC(C)(C)O)c3OC)O2)c1C/C=C(\C)CCCC(C)(C)C. The van der Waals surface area contributed by atoms with Crippen LogP contribution in [-0.4, -0.2) is 30.7 Å². The van der Waals surface area contributed by atoms with Gasteiger partial charge in [0.1, 0.15) is 28.9 Å². The highest BCUT2D eigenvalue weighted by atomic mass is 16.5. The lowest BCUT2D eigenvalue weighted by atomic mass is 9.87. The third kappa shape index (κ3) is 7.90. The van der Waals surface area contributed by atoms with Gasteiger partial charge in [-0.25, -0.2) is 0 Å². The molecule has 1 N–H and O–H groups in total. The molecule has 0 amide bonds. The molecule has 0 aromatic heterocycles. The second-order valence-electron chi connectivity index (χ2n) is 13.3. The summed E-state index contributed by atoms with van der Waals surface area (Å²) in [5.41, 5.74) is 6.47. The van der Waals surface area contributed by atoms with Crippen LogP contribution in [0.4, 0.5) is 0 Å². The van der Waals surface area contributed by atoms with Crippen molar-refractivity contribution in [1.29, 1.82) is 0 Å². The van der Waals surface area contributed by atoms with Crippen molar-refractivity contribution < 1.29 is 24.1 Å². The third-order valence-electron chi connectivity index (χ3n) is 7.88. The Hall–Kier alpha value is -2.79. The molecule has 2 aromatic rings. The summed E-state index contributed by atoms with van der Waals surface area (Å²) in [7, 11) is 3.31. The van der Waals surface area contributed by atoms with E-state index in [1.807, 2.05) is 19.1 Å². The second kappa shape index (κ2) is 12.8. The summed E-state index contributed by atoms with van der Waals surface area (Å²) in [5, 5.41) is 10.3. The predicted octanol–water partition coefficient (Wildman–Crippen LogP) is 8.44. The van der Waals surface area contributed by atoms with E-state index in [0.717, 1.165) is 46.4 Å². The maximum Gasteiger partial charge on any atom is 0.174 e. The molecule has 0 spiro atoms. The molecule has 0 aliphatic carbocycles. The van der Waals surface area contributed by atoms with E-state index in [1.165, 1.54) is 18.4 Å². The summed E-state index contributed by atoms with van der Waals surface area (Å²) in [6.07, 6.45) is 7.44. The van der Waals surface area contributed by atoms with Crippen molar-refractivity contribution >= 4 is 5.78 Å². The first kappa shape index (κ1) is 31.7. The van der Waals surface area contributed by atoms with Gasteiger partial charge in [-0.15, -0.1) is 0 Å². The third-order valence-corrected chi connectivity index (χ3v) is 7.88. The van der Waals surface area contributed by atoms with Gasteiger partial charge in [-0.2, -0.15) is 0 Å². The van der Waals surface area contributed by atoms with Crippen molar-refractivity contribution in [2.75, 3.05) is 14.2 Å². The molecule has 1 heterocycles. The number of hydrogen-bond acceptors (Lipinski definition) is 5. The highest BCUT2D eigenvalue weighted by Crippen LogP contribution is 2.45. The number of aryl methyl sites for hydroxylation is 2. The zero-order valence-electron chi connectivity index (χ0n) is 26.4. The van der Waals surface area contributed by atoms with Gasteiger partial charge in [0, 0.05) is 5.56 Å². The predicted molar refractivity (Wildman–Crippen MR) is 163 cm³/mol. The van der Waals surface area contributed by atoms with Gasteiger partial charge in [-0.3, -0.25) is 4.79 Å². The van der Waals surface area contributed by atoms with Crippen LogP contribution >= 0.6 is 0 Å². The summed E-state index contributed by atoms with van der Waals surface area (Å²) < 4.78 is 18.2. The van der Waals surface area contributed by atoms with Crippen molar-refractivity contribution in [2.45, 2.75) is 112 Å². The lowest BCUT2D eigenvalue weighted by Gasteiger charge is -2.30. The molecule has 1 atom stereocenters. The molecule has 5 heteroatoms. The lowest BCUT2D eigenvalue weighted by molar-refractivity contribution is 0.0712. The van der Waals surface area contributed by atoms with Gasteiger partial charge in [0.15, 0.2) is 5.78 Å². The zero-order chi connectivity index (χ0) is 29.8. The van der Waals surface area contributed by atoms with Crippen LogP contribution in [0.25, 0.3) is 0 Å². The van der Waals surface area contributed by atoms with E-state index in [2.05, 4.69) is 46.8 Å². The van der Waals surface area contributed by atoms with Crippen molar-refractivity contribution in [2.24, 2.45) is 5.41 Å². The number of rotatable bonds is 11. The highest BCUT2D eigenvalue weighted by Gasteiger charge is 2.34. The fourth-order valence-corrected chi connectivity index (χ4v) is 5.59. The van der Waals surface area contributed by atoms with Crippen LogP contribution in [-0.2, 0) is 12.8 Å². The zero-order valence-corrected chi connectivity index (χ0v) is 26.4. The number of carbonyl (C=O) groups excluding carboxylic acids is 1. The molecule has 0 bridgehead atoms. The van der Waals surface area contributed by atoms with Crippen LogP contribution < -0.4 is 14.2 Å². The summed E-state index contributed by atoms with van der Waals surface area (Å²) in [5.74, 6) is 1.99.